The average molecular weight is 380 g/mol. The lowest BCUT2D eigenvalue weighted by Crippen LogP contribution is -2.37. The zero-order chi connectivity index (χ0) is 18.6. The van der Waals surface area contributed by atoms with E-state index in [-0.39, 0.29) is 11.9 Å². The second-order valence-corrected chi connectivity index (χ2v) is 7.36. The van der Waals surface area contributed by atoms with E-state index in [0.717, 1.165) is 24.1 Å². The molecule has 0 radical (unpaired) electrons. The van der Waals surface area contributed by atoms with E-state index >= 15 is 0 Å². The third-order valence-electron chi connectivity index (χ3n) is 5.03. The predicted octanol–water partition coefficient (Wildman–Crippen LogP) is 5.26. The quantitative estimate of drug-likeness (QED) is 0.672. The minimum Gasteiger partial charge on any atom is -0.348 e. The van der Waals surface area contributed by atoms with Crippen molar-refractivity contribution in [3.8, 4) is 16.9 Å². The maximum absolute atomic E-state index is 13.0. The van der Waals surface area contributed by atoms with E-state index in [9.17, 15) is 4.79 Å². The SMILES string of the molecule is O=C(NC1CCCCC1)c1cc(-c2ccccc2)nn1-c1ccccc1Cl. The van der Waals surface area contributed by atoms with E-state index in [2.05, 4.69) is 5.32 Å². The van der Waals surface area contributed by atoms with Crippen LogP contribution in [0.4, 0.5) is 0 Å². The van der Waals surface area contributed by atoms with Gasteiger partial charge in [0.15, 0.2) is 0 Å². The second kappa shape index (κ2) is 7.97. The zero-order valence-corrected chi connectivity index (χ0v) is 15.8. The van der Waals surface area contributed by atoms with Crippen molar-refractivity contribution in [3.05, 3.63) is 71.4 Å². The van der Waals surface area contributed by atoms with Crippen LogP contribution in [0.2, 0.25) is 5.02 Å². The third-order valence-corrected chi connectivity index (χ3v) is 5.35. The lowest BCUT2D eigenvalue weighted by molar-refractivity contribution is 0.0920. The highest BCUT2D eigenvalue weighted by atomic mass is 35.5. The lowest BCUT2D eigenvalue weighted by Gasteiger charge is -2.22. The van der Waals surface area contributed by atoms with Crippen LogP contribution in [-0.2, 0) is 0 Å². The van der Waals surface area contributed by atoms with E-state index in [1.54, 1.807) is 4.68 Å². The molecule has 138 valence electrons. The van der Waals surface area contributed by atoms with Crippen molar-refractivity contribution < 1.29 is 4.79 Å². The first kappa shape index (κ1) is 17.8. The summed E-state index contributed by atoms with van der Waals surface area (Å²) in [7, 11) is 0. The van der Waals surface area contributed by atoms with Gasteiger partial charge in [-0.2, -0.15) is 5.10 Å². The van der Waals surface area contributed by atoms with Gasteiger partial charge in [-0.1, -0.05) is 73.3 Å². The maximum Gasteiger partial charge on any atom is 0.270 e. The van der Waals surface area contributed by atoms with E-state index in [0.29, 0.717) is 16.4 Å². The molecule has 1 heterocycles. The second-order valence-electron chi connectivity index (χ2n) is 6.95. The normalized spacial score (nSPS) is 14.9. The van der Waals surface area contributed by atoms with Gasteiger partial charge in [0.05, 0.1) is 16.4 Å². The fourth-order valence-electron chi connectivity index (χ4n) is 3.61. The minimum absolute atomic E-state index is 0.100. The molecule has 2 aromatic carbocycles. The number of rotatable bonds is 4. The highest BCUT2D eigenvalue weighted by Gasteiger charge is 2.22. The van der Waals surface area contributed by atoms with Crippen molar-refractivity contribution in [2.45, 2.75) is 38.1 Å². The van der Waals surface area contributed by atoms with Crippen LogP contribution in [0.3, 0.4) is 0 Å². The van der Waals surface area contributed by atoms with Crippen LogP contribution < -0.4 is 5.32 Å². The smallest absolute Gasteiger partial charge is 0.270 e. The fraction of sp³-hybridized carbons (Fsp3) is 0.273. The summed E-state index contributed by atoms with van der Waals surface area (Å²) in [6.45, 7) is 0. The molecular formula is C22H22ClN3O. The van der Waals surface area contributed by atoms with E-state index in [4.69, 9.17) is 16.7 Å². The number of halogens is 1. The summed E-state index contributed by atoms with van der Waals surface area (Å²) >= 11 is 6.39. The molecule has 27 heavy (non-hydrogen) atoms. The topological polar surface area (TPSA) is 46.9 Å². The Kier molecular flexibility index (Phi) is 5.26. The van der Waals surface area contributed by atoms with Crippen LogP contribution in [0.1, 0.15) is 42.6 Å². The molecule has 3 aromatic rings. The van der Waals surface area contributed by atoms with Crippen molar-refractivity contribution in [3.63, 3.8) is 0 Å². The summed E-state index contributed by atoms with van der Waals surface area (Å²) < 4.78 is 1.66. The van der Waals surface area contributed by atoms with Gasteiger partial charge >= 0.3 is 0 Å². The number of carbonyl (C=O) groups excluding carboxylic acids is 1. The average Bonchev–Trinajstić information content (AvgIpc) is 3.15. The van der Waals surface area contributed by atoms with E-state index in [1.807, 2.05) is 60.7 Å². The Labute approximate surface area is 164 Å². The van der Waals surface area contributed by atoms with Gasteiger partial charge in [-0.05, 0) is 31.0 Å². The van der Waals surface area contributed by atoms with Crippen LogP contribution >= 0.6 is 11.6 Å². The molecular weight excluding hydrogens is 358 g/mol. The number of hydrogen-bond donors (Lipinski definition) is 1. The molecule has 0 unspecified atom stereocenters. The molecule has 1 fully saturated rings. The Balaban J connectivity index is 1.73. The number of aromatic nitrogens is 2. The molecule has 0 bridgehead atoms. The molecule has 1 aliphatic rings. The van der Waals surface area contributed by atoms with Crippen LogP contribution in [0.15, 0.2) is 60.7 Å². The molecule has 0 atom stereocenters. The fourth-order valence-corrected chi connectivity index (χ4v) is 3.82. The van der Waals surface area contributed by atoms with Gasteiger partial charge in [-0.25, -0.2) is 4.68 Å². The molecule has 1 aliphatic carbocycles. The summed E-state index contributed by atoms with van der Waals surface area (Å²) in [5.41, 5.74) is 2.93. The van der Waals surface area contributed by atoms with Crippen molar-refractivity contribution in [1.29, 1.82) is 0 Å². The van der Waals surface area contributed by atoms with Gasteiger partial charge in [0.25, 0.3) is 5.91 Å². The molecule has 4 rings (SSSR count). The summed E-state index contributed by atoms with van der Waals surface area (Å²) in [4.78, 5) is 13.0. The number of nitrogens with zero attached hydrogens (tertiary/aromatic N) is 2. The molecule has 0 aliphatic heterocycles. The lowest BCUT2D eigenvalue weighted by atomic mass is 9.95. The minimum atomic E-state index is -0.100. The van der Waals surface area contributed by atoms with Crippen molar-refractivity contribution in [1.82, 2.24) is 15.1 Å². The molecule has 1 saturated carbocycles. The maximum atomic E-state index is 13.0. The van der Waals surface area contributed by atoms with Crippen LogP contribution in [0.5, 0.6) is 0 Å². The summed E-state index contributed by atoms with van der Waals surface area (Å²) in [5.74, 6) is -0.100. The Bertz CT molecular complexity index is 930. The monoisotopic (exact) mass is 379 g/mol. The number of hydrogen-bond acceptors (Lipinski definition) is 2. The van der Waals surface area contributed by atoms with Crippen molar-refractivity contribution in [2.75, 3.05) is 0 Å². The number of amides is 1. The number of para-hydroxylation sites is 1. The molecule has 1 amide bonds. The largest absolute Gasteiger partial charge is 0.348 e. The van der Waals surface area contributed by atoms with Crippen molar-refractivity contribution >= 4 is 17.5 Å². The predicted molar refractivity (Wildman–Crippen MR) is 108 cm³/mol. The molecule has 1 aromatic heterocycles. The van der Waals surface area contributed by atoms with Crippen LogP contribution in [-0.4, -0.2) is 21.7 Å². The molecule has 0 spiro atoms. The molecule has 1 N–H and O–H groups in total. The van der Waals surface area contributed by atoms with Gasteiger partial charge in [0, 0.05) is 11.6 Å². The Morgan fingerprint density at radius 3 is 2.44 bits per heavy atom. The van der Waals surface area contributed by atoms with Crippen LogP contribution in [0.25, 0.3) is 16.9 Å². The Hall–Kier alpha value is -2.59. The first-order chi connectivity index (χ1) is 13.2. The number of benzene rings is 2. The highest BCUT2D eigenvalue weighted by molar-refractivity contribution is 6.32. The zero-order valence-electron chi connectivity index (χ0n) is 15.1. The van der Waals surface area contributed by atoms with Gasteiger partial charge in [0.1, 0.15) is 5.69 Å². The molecule has 5 heteroatoms. The number of carbonyl (C=O) groups is 1. The van der Waals surface area contributed by atoms with Crippen LogP contribution in [0, 0.1) is 0 Å². The standard InChI is InChI=1S/C22H22ClN3O/c23-18-13-7-8-14-20(18)26-21(22(27)24-17-11-5-2-6-12-17)15-19(25-26)16-9-3-1-4-10-16/h1,3-4,7-10,13-15,17H,2,5-6,11-12H2,(H,24,27). The summed E-state index contributed by atoms with van der Waals surface area (Å²) in [6, 6.07) is 19.4. The van der Waals surface area contributed by atoms with Gasteiger partial charge in [0.2, 0.25) is 0 Å². The first-order valence-electron chi connectivity index (χ1n) is 9.43. The van der Waals surface area contributed by atoms with Crippen molar-refractivity contribution in [2.24, 2.45) is 0 Å². The first-order valence-corrected chi connectivity index (χ1v) is 9.81. The Morgan fingerprint density at radius 2 is 1.70 bits per heavy atom. The molecule has 4 nitrogen and oxygen atoms in total. The number of nitrogens with one attached hydrogen (secondary N) is 1. The van der Waals surface area contributed by atoms with Gasteiger partial charge < -0.3 is 5.32 Å². The van der Waals surface area contributed by atoms with Gasteiger partial charge in [-0.15, -0.1) is 0 Å². The van der Waals surface area contributed by atoms with Gasteiger partial charge in [-0.3, -0.25) is 4.79 Å². The highest BCUT2D eigenvalue weighted by Crippen LogP contribution is 2.26. The van der Waals surface area contributed by atoms with E-state index < -0.39 is 0 Å². The van der Waals surface area contributed by atoms with E-state index in [1.165, 1.54) is 19.3 Å². The Morgan fingerprint density at radius 1 is 1.00 bits per heavy atom. The molecule has 0 saturated heterocycles. The summed E-state index contributed by atoms with van der Waals surface area (Å²) in [6.07, 6.45) is 5.67. The third kappa shape index (κ3) is 3.91. The summed E-state index contributed by atoms with van der Waals surface area (Å²) in [5, 5.41) is 8.45.